The van der Waals surface area contributed by atoms with Crippen molar-refractivity contribution in [2.45, 2.75) is 13.3 Å². The number of carbonyl (C=O) groups excluding carboxylic acids is 1. The van der Waals surface area contributed by atoms with Gasteiger partial charge in [-0.1, -0.05) is 11.6 Å². The number of methoxy groups -OCH3 is 1. The van der Waals surface area contributed by atoms with Crippen molar-refractivity contribution in [1.82, 2.24) is 10.2 Å². The van der Waals surface area contributed by atoms with Crippen LogP contribution in [0.5, 0.6) is 0 Å². The van der Waals surface area contributed by atoms with Gasteiger partial charge in [-0.05, 0) is 18.6 Å². The molecule has 1 aromatic heterocycles. The molecule has 1 heterocycles. The van der Waals surface area contributed by atoms with Crippen LogP contribution in [-0.4, -0.2) is 23.3 Å². The lowest BCUT2D eigenvalue weighted by atomic mass is 10.2. The summed E-state index contributed by atoms with van der Waals surface area (Å²) in [5, 5.41) is 7.77. The summed E-state index contributed by atoms with van der Waals surface area (Å²) in [6.45, 7) is 1.80. The van der Waals surface area contributed by atoms with Crippen LogP contribution < -0.4 is 0 Å². The van der Waals surface area contributed by atoms with Crippen molar-refractivity contribution < 1.29 is 9.53 Å². The first kappa shape index (κ1) is 9.92. The molecule has 13 heavy (non-hydrogen) atoms. The lowest BCUT2D eigenvalue weighted by Gasteiger charge is -2.00. The Labute approximate surface area is 80.9 Å². The van der Waals surface area contributed by atoms with Crippen LogP contribution in [0.4, 0.5) is 0 Å². The summed E-state index contributed by atoms with van der Waals surface area (Å²) in [6, 6.07) is 1.71. The first-order valence-electron chi connectivity index (χ1n) is 3.69. The van der Waals surface area contributed by atoms with Crippen LogP contribution in [0.1, 0.15) is 11.3 Å². The highest BCUT2D eigenvalue weighted by Crippen LogP contribution is 2.10. The molecule has 0 amide bonds. The molecular weight excluding hydrogens is 192 g/mol. The molecule has 0 aliphatic heterocycles. The molecule has 0 saturated carbocycles. The van der Waals surface area contributed by atoms with E-state index < -0.39 is 0 Å². The highest BCUT2D eigenvalue weighted by Gasteiger charge is 2.06. The zero-order chi connectivity index (χ0) is 9.84. The summed E-state index contributed by atoms with van der Waals surface area (Å²) in [5.74, 6) is -0.337. The molecule has 4 nitrogen and oxygen atoms in total. The Morgan fingerprint density at radius 2 is 2.31 bits per heavy atom. The van der Waals surface area contributed by atoms with Crippen molar-refractivity contribution in [1.29, 1.82) is 0 Å². The van der Waals surface area contributed by atoms with E-state index in [0.717, 1.165) is 5.56 Å². The van der Waals surface area contributed by atoms with Gasteiger partial charge in [0.2, 0.25) is 0 Å². The van der Waals surface area contributed by atoms with Crippen molar-refractivity contribution in [3.05, 3.63) is 22.5 Å². The lowest BCUT2D eigenvalue weighted by molar-refractivity contribution is -0.139. The number of nitrogens with zero attached hydrogens (tertiary/aromatic N) is 2. The zero-order valence-corrected chi connectivity index (χ0v) is 8.13. The van der Waals surface area contributed by atoms with Gasteiger partial charge in [0.1, 0.15) is 0 Å². The second kappa shape index (κ2) is 4.18. The summed E-state index contributed by atoms with van der Waals surface area (Å²) in [7, 11) is 1.33. The molecule has 0 aliphatic rings. The number of carbonyl (C=O) groups is 1. The third kappa shape index (κ3) is 2.66. The van der Waals surface area contributed by atoms with Gasteiger partial charge >= 0.3 is 5.97 Å². The predicted molar refractivity (Wildman–Crippen MR) is 47.5 cm³/mol. The van der Waals surface area contributed by atoms with Gasteiger partial charge in [0.15, 0.2) is 5.15 Å². The molecule has 0 N–H and O–H groups in total. The fraction of sp³-hybridized carbons (Fsp3) is 0.375. The van der Waals surface area contributed by atoms with Gasteiger partial charge < -0.3 is 4.74 Å². The molecule has 5 heteroatoms. The van der Waals surface area contributed by atoms with Gasteiger partial charge in [0.25, 0.3) is 0 Å². The second-order valence-electron chi connectivity index (χ2n) is 2.56. The van der Waals surface area contributed by atoms with E-state index in [9.17, 15) is 4.79 Å². The summed E-state index contributed by atoms with van der Waals surface area (Å²) in [6.07, 6.45) is 0.126. The van der Waals surface area contributed by atoms with E-state index in [2.05, 4.69) is 14.9 Å². The van der Waals surface area contributed by atoms with Crippen molar-refractivity contribution in [2.24, 2.45) is 0 Å². The van der Waals surface area contributed by atoms with E-state index in [1.54, 1.807) is 13.0 Å². The molecule has 0 bridgehead atoms. The molecular formula is C8H9ClN2O2. The molecule has 0 unspecified atom stereocenters. The molecule has 0 aliphatic carbocycles. The number of aromatic nitrogens is 2. The molecule has 0 aromatic carbocycles. The van der Waals surface area contributed by atoms with Crippen LogP contribution in [0.3, 0.4) is 0 Å². The fourth-order valence-electron chi connectivity index (χ4n) is 0.832. The van der Waals surface area contributed by atoms with Gasteiger partial charge in [-0.15, -0.1) is 5.10 Å². The van der Waals surface area contributed by atoms with E-state index in [-0.39, 0.29) is 12.4 Å². The highest BCUT2D eigenvalue weighted by atomic mass is 35.5. The molecule has 0 radical (unpaired) electrons. The van der Waals surface area contributed by atoms with E-state index in [1.807, 2.05) is 0 Å². The van der Waals surface area contributed by atoms with Gasteiger partial charge in [0, 0.05) is 0 Å². The number of esters is 1. The molecule has 1 rings (SSSR count). The van der Waals surface area contributed by atoms with Crippen LogP contribution in [0.15, 0.2) is 6.07 Å². The minimum atomic E-state index is -0.337. The largest absolute Gasteiger partial charge is 0.469 e. The topological polar surface area (TPSA) is 52.1 Å². The molecule has 0 saturated heterocycles. The van der Waals surface area contributed by atoms with Crippen molar-refractivity contribution in [3.63, 3.8) is 0 Å². The van der Waals surface area contributed by atoms with Crippen molar-refractivity contribution >= 4 is 17.6 Å². The number of ether oxygens (including phenoxy) is 1. The predicted octanol–water partition coefficient (Wildman–Crippen LogP) is 1.15. The Hall–Kier alpha value is -1.16. The molecule has 70 valence electrons. The van der Waals surface area contributed by atoms with Gasteiger partial charge in [-0.25, -0.2) is 0 Å². The quantitative estimate of drug-likeness (QED) is 0.673. The lowest BCUT2D eigenvalue weighted by Crippen LogP contribution is -2.07. The van der Waals surface area contributed by atoms with E-state index in [0.29, 0.717) is 10.8 Å². The Bertz CT molecular complexity index is 328. The van der Waals surface area contributed by atoms with Crippen molar-refractivity contribution in [2.75, 3.05) is 7.11 Å². The third-order valence-electron chi connectivity index (χ3n) is 1.53. The Morgan fingerprint density at radius 3 is 2.85 bits per heavy atom. The SMILES string of the molecule is COC(=O)Cc1cc(C)c(Cl)nn1. The Balaban J connectivity index is 2.79. The minimum Gasteiger partial charge on any atom is -0.469 e. The number of hydrogen-bond acceptors (Lipinski definition) is 4. The van der Waals surface area contributed by atoms with Gasteiger partial charge in [-0.2, -0.15) is 5.10 Å². The number of rotatable bonds is 2. The summed E-state index contributed by atoms with van der Waals surface area (Å²) < 4.78 is 4.48. The minimum absolute atomic E-state index is 0.126. The third-order valence-corrected chi connectivity index (χ3v) is 1.90. The first-order valence-corrected chi connectivity index (χ1v) is 4.07. The van der Waals surface area contributed by atoms with Crippen LogP contribution in [-0.2, 0) is 16.0 Å². The standard InChI is InChI=1S/C8H9ClN2O2/c1-5-3-6(4-7(12)13-2)10-11-8(5)9/h3H,4H2,1-2H3. The van der Waals surface area contributed by atoms with Crippen molar-refractivity contribution in [3.8, 4) is 0 Å². The maximum atomic E-state index is 10.9. The van der Waals surface area contributed by atoms with Gasteiger partial charge in [-0.3, -0.25) is 4.79 Å². The smallest absolute Gasteiger partial charge is 0.311 e. The average Bonchev–Trinajstić information content (AvgIpc) is 2.11. The zero-order valence-electron chi connectivity index (χ0n) is 7.37. The number of aryl methyl sites for hydroxylation is 1. The summed E-state index contributed by atoms with van der Waals surface area (Å²) >= 11 is 5.66. The van der Waals surface area contributed by atoms with E-state index >= 15 is 0 Å². The maximum Gasteiger partial charge on any atom is 0.311 e. The highest BCUT2D eigenvalue weighted by molar-refractivity contribution is 6.30. The molecule has 0 atom stereocenters. The summed E-state index contributed by atoms with van der Waals surface area (Å²) in [5.41, 5.74) is 1.37. The van der Waals surface area contributed by atoms with Crippen LogP contribution >= 0.6 is 11.6 Å². The number of hydrogen-bond donors (Lipinski definition) is 0. The average molecular weight is 201 g/mol. The monoisotopic (exact) mass is 200 g/mol. The normalized spacial score (nSPS) is 9.77. The van der Waals surface area contributed by atoms with Crippen LogP contribution in [0, 0.1) is 6.92 Å². The Morgan fingerprint density at radius 1 is 1.62 bits per heavy atom. The fourth-order valence-corrected chi connectivity index (χ4v) is 0.924. The van der Waals surface area contributed by atoms with E-state index in [1.165, 1.54) is 7.11 Å². The molecule has 0 spiro atoms. The van der Waals surface area contributed by atoms with E-state index in [4.69, 9.17) is 11.6 Å². The van der Waals surface area contributed by atoms with Crippen LogP contribution in [0.2, 0.25) is 5.15 Å². The first-order chi connectivity index (χ1) is 6.13. The maximum absolute atomic E-state index is 10.9. The van der Waals surface area contributed by atoms with Gasteiger partial charge in [0.05, 0.1) is 19.2 Å². The molecule has 1 aromatic rings. The van der Waals surface area contributed by atoms with Crippen LogP contribution in [0.25, 0.3) is 0 Å². The summed E-state index contributed by atoms with van der Waals surface area (Å²) in [4.78, 5) is 10.9. The Kier molecular flexibility index (Phi) is 3.19. The number of halogens is 1. The molecule has 0 fully saturated rings. The second-order valence-corrected chi connectivity index (χ2v) is 2.92.